The minimum Gasteiger partial charge on any atom is -0.376 e. The zero-order chi connectivity index (χ0) is 13.3. The van der Waals surface area contributed by atoms with Gasteiger partial charge in [-0.2, -0.15) is 0 Å². The van der Waals surface area contributed by atoms with Crippen LogP contribution in [-0.2, 0) is 4.74 Å². The van der Waals surface area contributed by atoms with Crippen LogP contribution in [-0.4, -0.2) is 49.3 Å². The van der Waals surface area contributed by atoms with E-state index in [9.17, 15) is 0 Å². The fourth-order valence-corrected chi connectivity index (χ4v) is 2.06. The maximum absolute atomic E-state index is 5.92. The minimum atomic E-state index is 0.358. The van der Waals surface area contributed by atoms with Crippen molar-refractivity contribution < 1.29 is 4.74 Å². The van der Waals surface area contributed by atoms with Gasteiger partial charge in [0, 0.05) is 25.2 Å². The van der Waals surface area contributed by atoms with E-state index in [2.05, 4.69) is 51.8 Å². The van der Waals surface area contributed by atoms with E-state index < -0.39 is 0 Å². The van der Waals surface area contributed by atoms with E-state index in [-0.39, 0.29) is 0 Å². The van der Waals surface area contributed by atoms with Gasteiger partial charge in [-0.15, -0.1) is 0 Å². The molecule has 0 aromatic carbocycles. The second-order valence-corrected chi connectivity index (χ2v) is 5.13. The van der Waals surface area contributed by atoms with Gasteiger partial charge < -0.3 is 10.1 Å². The Labute approximate surface area is 108 Å². The van der Waals surface area contributed by atoms with Gasteiger partial charge in [-0.1, -0.05) is 13.8 Å². The SMILES string of the molecule is CCNCC(CC)OCCN(C(C)C)C(C)C. The van der Waals surface area contributed by atoms with Crippen molar-refractivity contribution in [1.29, 1.82) is 0 Å². The van der Waals surface area contributed by atoms with Crippen LogP contribution in [0.5, 0.6) is 0 Å². The number of rotatable bonds is 10. The number of likely N-dealkylation sites (N-methyl/N-ethyl adjacent to an activating group) is 1. The highest BCUT2D eigenvalue weighted by Crippen LogP contribution is 2.05. The molecule has 3 heteroatoms. The van der Waals surface area contributed by atoms with E-state index in [1.165, 1.54) is 0 Å². The summed E-state index contributed by atoms with van der Waals surface area (Å²) in [5.74, 6) is 0. The van der Waals surface area contributed by atoms with Crippen LogP contribution in [0.2, 0.25) is 0 Å². The normalized spacial score (nSPS) is 13.9. The van der Waals surface area contributed by atoms with E-state index in [1.54, 1.807) is 0 Å². The second kappa shape index (κ2) is 9.86. The fraction of sp³-hybridized carbons (Fsp3) is 1.00. The molecular formula is C14H32N2O. The summed E-state index contributed by atoms with van der Waals surface area (Å²) in [7, 11) is 0. The van der Waals surface area contributed by atoms with Gasteiger partial charge in [0.2, 0.25) is 0 Å². The van der Waals surface area contributed by atoms with Gasteiger partial charge in [-0.05, 0) is 40.7 Å². The Morgan fingerprint density at radius 3 is 2.06 bits per heavy atom. The third-order valence-corrected chi connectivity index (χ3v) is 3.11. The second-order valence-electron chi connectivity index (χ2n) is 5.13. The lowest BCUT2D eigenvalue weighted by atomic mass is 10.2. The molecule has 1 N–H and O–H groups in total. The molecule has 0 saturated heterocycles. The Balaban J connectivity index is 3.84. The molecule has 1 unspecified atom stereocenters. The number of ether oxygens (including phenoxy) is 1. The molecule has 0 rings (SSSR count). The van der Waals surface area contributed by atoms with E-state index >= 15 is 0 Å². The van der Waals surface area contributed by atoms with Gasteiger partial charge in [0.15, 0.2) is 0 Å². The molecule has 0 saturated carbocycles. The Morgan fingerprint density at radius 2 is 1.65 bits per heavy atom. The van der Waals surface area contributed by atoms with Gasteiger partial charge in [-0.3, -0.25) is 4.90 Å². The first kappa shape index (κ1) is 16.9. The largest absolute Gasteiger partial charge is 0.376 e. The van der Waals surface area contributed by atoms with E-state index in [0.29, 0.717) is 18.2 Å². The molecule has 0 amide bonds. The lowest BCUT2D eigenvalue weighted by Crippen LogP contribution is -2.40. The van der Waals surface area contributed by atoms with Crippen molar-refractivity contribution in [2.75, 3.05) is 26.2 Å². The van der Waals surface area contributed by atoms with Crippen LogP contribution in [0.3, 0.4) is 0 Å². The van der Waals surface area contributed by atoms with Crippen LogP contribution in [0.15, 0.2) is 0 Å². The van der Waals surface area contributed by atoms with Crippen molar-refractivity contribution in [2.45, 2.75) is 66.2 Å². The number of hydrogen-bond donors (Lipinski definition) is 1. The van der Waals surface area contributed by atoms with Crippen LogP contribution in [0.1, 0.15) is 48.0 Å². The average molecular weight is 244 g/mol. The van der Waals surface area contributed by atoms with Crippen LogP contribution < -0.4 is 5.32 Å². The number of nitrogens with zero attached hydrogens (tertiary/aromatic N) is 1. The van der Waals surface area contributed by atoms with Crippen molar-refractivity contribution in [3.63, 3.8) is 0 Å². The Bertz CT molecular complexity index is 164. The van der Waals surface area contributed by atoms with E-state index in [1.807, 2.05) is 0 Å². The Morgan fingerprint density at radius 1 is 1.06 bits per heavy atom. The summed E-state index contributed by atoms with van der Waals surface area (Å²) in [5.41, 5.74) is 0. The van der Waals surface area contributed by atoms with Gasteiger partial charge in [0.05, 0.1) is 12.7 Å². The van der Waals surface area contributed by atoms with Crippen molar-refractivity contribution in [2.24, 2.45) is 0 Å². The third-order valence-electron chi connectivity index (χ3n) is 3.11. The Hall–Kier alpha value is -0.120. The topological polar surface area (TPSA) is 24.5 Å². The summed E-state index contributed by atoms with van der Waals surface area (Å²) >= 11 is 0. The molecule has 0 radical (unpaired) electrons. The van der Waals surface area contributed by atoms with E-state index in [0.717, 1.165) is 32.7 Å². The van der Waals surface area contributed by atoms with Crippen LogP contribution in [0.25, 0.3) is 0 Å². The summed E-state index contributed by atoms with van der Waals surface area (Å²) < 4.78 is 5.92. The highest BCUT2D eigenvalue weighted by molar-refractivity contribution is 4.67. The summed E-state index contributed by atoms with van der Waals surface area (Å²) in [6.07, 6.45) is 1.44. The molecule has 104 valence electrons. The van der Waals surface area contributed by atoms with Gasteiger partial charge in [0.1, 0.15) is 0 Å². The monoisotopic (exact) mass is 244 g/mol. The highest BCUT2D eigenvalue weighted by atomic mass is 16.5. The van der Waals surface area contributed by atoms with Crippen molar-refractivity contribution >= 4 is 0 Å². The smallest absolute Gasteiger partial charge is 0.0697 e. The zero-order valence-electron chi connectivity index (χ0n) is 12.6. The van der Waals surface area contributed by atoms with E-state index in [4.69, 9.17) is 4.74 Å². The van der Waals surface area contributed by atoms with Crippen LogP contribution in [0.4, 0.5) is 0 Å². The molecular weight excluding hydrogens is 212 g/mol. The quantitative estimate of drug-likeness (QED) is 0.639. The first-order chi connectivity index (χ1) is 8.02. The van der Waals surface area contributed by atoms with Crippen molar-refractivity contribution in [1.82, 2.24) is 10.2 Å². The fourth-order valence-electron chi connectivity index (χ4n) is 2.06. The summed E-state index contributed by atoms with van der Waals surface area (Å²) in [6, 6.07) is 1.18. The van der Waals surface area contributed by atoms with Crippen molar-refractivity contribution in [3.8, 4) is 0 Å². The average Bonchev–Trinajstić information content (AvgIpc) is 2.27. The third kappa shape index (κ3) is 7.74. The lowest BCUT2D eigenvalue weighted by molar-refractivity contribution is 0.0242. The summed E-state index contributed by atoms with van der Waals surface area (Å²) in [6.45, 7) is 17.1. The summed E-state index contributed by atoms with van der Waals surface area (Å²) in [5, 5.41) is 3.34. The maximum Gasteiger partial charge on any atom is 0.0697 e. The predicted octanol–water partition coefficient (Wildman–Crippen LogP) is 2.51. The minimum absolute atomic E-state index is 0.358. The molecule has 17 heavy (non-hydrogen) atoms. The molecule has 1 atom stereocenters. The number of nitrogens with one attached hydrogen (secondary N) is 1. The van der Waals surface area contributed by atoms with Crippen molar-refractivity contribution in [3.05, 3.63) is 0 Å². The molecule has 0 aromatic rings. The molecule has 0 aliphatic heterocycles. The highest BCUT2D eigenvalue weighted by Gasteiger charge is 2.13. The molecule has 3 nitrogen and oxygen atoms in total. The van der Waals surface area contributed by atoms with Gasteiger partial charge in [0.25, 0.3) is 0 Å². The molecule has 0 heterocycles. The molecule has 0 fully saturated rings. The zero-order valence-corrected chi connectivity index (χ0v) is 12.6. The molecule has 0 aliphatic rings. The Kier molecular flexibility index (Phi) is 9.79. The molecule has 0 spiro atoms. The molecule has 0 bridgehead atoms. The van der Waals surface area contributed by atoms with Crippen LogP contribution in [0, 0.1) is 0 Å². The first-order valence-electron chi connectivity index (χ1n) is 7.10. The molecule has 0 aromatic heterocycles. The molecule has 0 aliphatic carbocycles. The van der Waals surface area contributed by atoms with Gasteiger partial charge >= 0.3 is 0 Å². The predicted molar refractivity (Wildman–Crippen MR) is 75.6 cm³/mol. The first-order valence-corrected chi connectivity index (χ1v) is 7.10. The lowest BCUT2D eigenvalue weighted by Gasteiger charge is -2.31. The van der Waals surface area contributed by atoms with Crippen LogP contribution >= 0.6 is 0 Å². The maximum atomic E-state index is 5.92. The number of hydrogen-bond acceptors (Lipinski definition) is 3. The standard InChI is InChI=1S/C14H32N2O/c1-7-14(11-15-8-2)17-10-9-16(12(3)4)13(5)6/h12-15H,7-11H2,1-6H3. The van der Waals surface area contributed by atoms with Gasteiger partial charge in [-0.25, -0.2) is 0 Å². The summed E-state index contributed by atoms with van der Waals surface area (Å²) in [4.78, 5) is 2.47.